The Labute approximate surface area is 117 Å². The summed E-state index contributed by atoms with van der Waals surface area (Å²) in [5, 5.41) is 7.64. The van der Waals surface area contributed by atoms with Gasteiger partial charge in [-0.15, -0.1) is 10.2 Å². The molecule has 1 aromatic carbocycles. The zero-order valence-electron chi connectivity index (χ0n) is 11.7. The fraction of sp³-hybridized carbons (Fsp3) is 0.267. The van der Waals surface area contributed by atoms with Gasteiger partial charge in [0.05, 0.1) is 13.2 Å². The zero-order valence-corrected chi connectivity index (χ0v) is 11.7. The lowest BCUT2D eigenvalue weighted by molar-refractivity contribution is 0.103. The van der Waals surface area contributed by atoms with Gasteiger partial charge in [-0.2, -0.15) is 0 Å². The quantitative estimate of drug-likeness (QED) is 0.783. The molecule has 0 saturated heterocycles. The maximum atomic E-state index is 12.3. The number of nitrogens with zero attached hydrogens (tertiary/aromatic N) is 2. The molecule has 0 unspecified atom stereocenters. The molecule has 0 saturated carbocycles. The van der Waals surface area contributed by atoms with E-state index in [1.165, 1.54) is 7.11 Å². The molecule has 2 aromatic rings. The number of hydrogen-bond donors (Lipinski definition) is 0. The van der Waals surface area contributed by atoms with E-state index in [-0.39, 0.29) is 17.6 Å². The zero-order chi connectivity index (χ0) is 14.5. The van der Waals surface area contributed by atoms with Crippen LogP contribution in [-0.4, -0.2) is 29.2 Å². The Balaban J connectivity index is 2.23. The Morgan fingerprint density at radius 3 is 2.55 bits per heavy atom. The minimum Gasteiger partial charge on any atom is -0.491 e. The van der Waals surface area contributed by atoms with Crippen molar-refractivity contribution in [1.29, 1.82) is 0 Å². The molecule has 1 heterocycles. The molecular formula is C15H16N2O3. The normalized spacial score (nSPS) is 10.4. The Kier molecular flexibility index (Phi) is 4.30. The lowest BCUT2D eigenvalue weighted by Gasteiger charge is -2.10. The van der Waals surface area contributed by atoms with Crippen molar-refractivity contribution in [2.45, 2.75) is 20.0 Å². The summed E-state index contributed by atoms with van der Waals surface area (Å²) in [7, 11) is 1.50. The number of ether oxygens (including phenoxy) is 2. The minimum atomic E-state index is -0.200. The van der Waals surface area contributed by atoms with Crippen LogP contribution in [0.25, 0.3) is 0 Å². The van der Waals surface area contributed by atoms with E-state index in [1.54, 1.807) is 30.3 Å². The van der Waals surface area contributed by atoms with E-state index in [0.717, 1.165) is 0 Å². The van der Waals surface area contributed by atoms with Gasteiger partial charge in [0.25, 0.3) is 0 Å². The number of carbonyl (C=O) groups is 1. The van der Waals surface area contributed by atoms with E-state index in [0.29, 0.717) is 17.2 Å². The number of benzene rings is 1. The number of carbonyl (C=O) groups excluding carboxylic acids is 1. The van der Waals surface area contributed by atoms with Crippen molar-refractivity contribution in [2.24, 2.45) is 0 Å². The molecule has 2 rings (SSSR count). The average Bonchev–Trinajstić information content (AvgIpc) is 2.46. The summed E-state index contributed by atoms with van der Waals surface area (Å²) in [6.07, 6.45) is 0.0566. The van der Waals surface area contributed by atoms with Crippen LogP contribution in [0.5, 0.6) is 11.6 Å². The van der Waals surface area contributed by atoms with Crippen LogP contribution in [0.2, 0.25) is 0 Å². The van der Waals surface area contributed by atoms with E-state index >= 15 is 0 Å². The van der Waals surface area contributed by atoms with Crippen molar-refractivity contribution < 1.29 is 14.3 Å². The van der Waals surface area contributed by atoms with Crippen LogP contribution >= 0.6 is 0 Å². The van der Waals surface area contributed by atoms with Crippen molar-refractivity contribution in [3.63, 3.8) is 0 Å². The lowest BCUT2D eigenvalue weighted by atomic mass is 10.1. The van der Waals surface area contributed by atoms with Crippen molar-refractivity contribution in [3.8, 4) is 11.6 Å². The summed E-state index contributed by atoms with van der Waals surface area (Å²) < 4.78 is 10.5. The smallest absolute Gasteiger partial charge is 0.233 e. The third-order valence-electron chi connectivity index (χ3n) is 2.55. The Bertz CT molecular complexity index is 594. The largest absolute Gasteiger partial charge is 0.491 e. The van der Waals surface area contributed by atoms with Gasteiger partial charge in [0.1, 0.15) is 11.4 Å². The molecule has 5 heteroatoms. The second kappa shape index (κ2) is 6.14. The number of methoxy groups -OCH3 is 1. The molecule has 0 atom stereocenters. The molecule has 0 N–H and O–H groups in total. The Morgan fingerprint density at radius 2 is 1.95 bits per heavy atom. The highest BCUT2D eigenvalue weighted by atomic mass is 16.5. The van der Waals surface area contributed by atoms with Gasteiger partial charge in [-0.3, -0.25) is 4.79 Å². The van der Waals surface area contributed by atoms with E-state index < -0.39 is 0 Å². The van der Waals surface area contributed by atoms with Crippen LogP contribution in [0.1, 0.15) is 29.9 Å². The molecule has 1 aromatic heterocycles. The number of aromatic nitrogens is 2. The molecule has 20 heavy (non-hydrogen) atoms. The van der Waals surface area contributed by atoms with Crippen molar-refractivity contribution in [3.05, 3.63) is 47.7 Å². The highest BCUT2D eigenvalue weighted by Crippen LogP contribution is 2.17. The van der Waals surface area contributed by atoms with Gasteiger partial charge in [0.15, 0.2) is 0 Å². The Morgan fingerprint density at radius 1 is 1.15 bits per heavy atom. The van der Waals surface area contributed by atoms with Crippen molar-refractivity contribution in [2.75, 3.05) is 7.11 Å². The molecule has 0 bridgehead atoms. The second-order valence-electron chi connectivity index (χ2n) is 4.48. The average molecular weight is 272 g/mol. The molecule has 0 spiro atoms. The monoisotopic (exact) mass is 272 g/mol. The summed E-state index contributed by atoms with van der Waals surface area (Å²) in [6.45, 7) is 3.87. The van der Waals surface area contributed by atoms with Crippen LogP contribution < -0.4 is 9.47 Å². The first-order valence-electron chi connectivity index (χ1n) is 6.29. The van der Waals surface area contributed by atoms with Crippen molar-refractivity contribution in [1.82, 2.24) is 10.2 Å². The molecule has 0 fully saturated rings. The molecule has 0 amide bonds. The van der Waals surface area contributed by atoms with Crippen LogP contribution in [0, 0.1) is 0 Å². The van der Waals surface area contributed by atoms with Gasteiger partial charge in [-0.05, 0) is 32.0 Å². The third-order valence-corrected chi connectivity index (χ3v) is 2.55. The fourth-order valence-corrected chi connectivity index (χ4v) is 1.68. The van der Waals surface area contributed by atoms with Gasteiger partial charge in [0, 0.05) is 11.6 Å². The summed E-state index contributed by atoms with van der Waals surface area (Å²) in [6, 6.07) is 10.2. The summed E-state index contributed by atoms with van der Waals surface area (Å²) >= 11 is 0. The highest BCUT2D eigenvalue weighted by molar-refractivity contribution is 6.07. The summed E-state index contributed by atoms with van der Waals surface area (Å²) in [5.74, 6) is 0.833. The summed E-state index contributed by atoms with van der Waals surface area (Å²) in [4.78, 5) is 12.3. The number of hydrogen-bond acceptors (Lipinski definition) is 5. The van der Waals surface area contributed by atoms with Gasteiger partial charge in [-0.1, -0.05) is 12.1 Å². The van der Waals surface area contributed by atoms with Crippen LogP contribution in [0.3, 0.4) is 0 Å². The predicted molar refractivity (Wildman–Crippen MR) is 74.2 cm³/mol. The predicted octanol–water partition coefficient (Wildman–Crippen LogP) is 2.50. The second-order valence-corrected chi connectivity index (χ2v) is 4.48. The fourth-order valence-electron chi connectivity index (χ4n) is 1.68. The van der Waals surface area contributed by atoms with Crippen molar-refractivity contribution >= 4 is 5.78 Å². The van der Waals surface area contributed by atoms with Gasteiger partial charge < -0.3 is 9.47 Å². The van der Waals surface area contributed by atoms with E-state index in [4.69, 9.17) is 9.47 Å². The molecule has 5 nitrogen and oxygen atoms in total. The molecular weight excluding hydrogens is 256 g/mol. The standard InChI is InChI=1S/C15H16N2O3/c1-10(2)20-12-6-4-5-11(9-12)15(18)13-7-8-14(19-3)17-16-13/h4-10H,1-3H3. The first-order valence-corrected chi connectivity index (χ1v) is 6.29. The third kappa shape index (κ3) is 3.32. The van der Waals surface area contributed by atoms with Crippen LogP contribution in [0.15, 0.2) is 36.4 Å². The Hall–Kier alpha value is -2.43. The first-order chi connectivity index (χ1) is 9.60. The number of ketones is 1. The summed E-state index contributed by atoms with van der Waals surface area (Å²) in [5.41, 5.74) is 0.787. The van der Waals surface area contributed by atoms with E-state index in [9.17, 15) is 4.79 Å². The van der Waals surface area contributed by atoms with Crippen LogP contribution in [0.4, 0.5) is 0 Å². The molecule has 0 radical (unpaired) electrons. The molecule has 0 aliphatic heterocycles. The van der Waals surface area contributed by atoms with Gasteiger partial charge >= 0.3 is 0 Å². The maximum Gasteiger partial charge on any atom is 0.233 e. The van der Waals surface area contributed by atoms with Gasteiger partial charge in [0.2, 0.25) is 11.7 Å². The minimum absolute atomic E-state index is 0.0566. The van der Waals surface area contributed by atoms with E-state index in [2.05, 4.69) is 10.2 Å². The molecule has 0 aliphatic rings. The van der Waals surface area contributed by atoms with Gasteiger partial charge in [-0.25, -0.2) is 0 Å². The topological polar surface area (TPSA) is 61.3 Å². The highest BCUT2D eigenvalue weighted by Gasteiger charge is 2.12. The molecule has 0 aliphatic carbocycles. The molecule has 104 valence electrons. The van der Waals surface area contributed by atoms with Crippen LogP contribution in [-0.2, 0) is 0 Å². The first kappa shape index (κ1) is 14.0. The lowest BCUT2D eigenvalue weighted by Crippen LogP contribution is -2.08. The number of rotatable bonds is 5. The maximum absolute atomic E-state index is 12.3. The SMILES string of the molecule is COc1ccc(C(=O)c2cccc(OC(C)C)c2)nn1. The van der Waals surface area contributed by atoms with E-state index in [1.807, 2.05) is 19.9 Å².